The number of rotatable bonds is 7. The van der Waals surface area contributed by atoms with Gasteiger partial charge in [-0.1, -0.05) is 86.2 Å². The van der Waals surface area contributed by atoms with Crippen molar-refractivity contribution in [1.29, 1.82) is 0 Å². The fourth-order valence-electron chi connectivity index (χ4n) is 9.92. The lowest BCUT2D eigenvalue weighted by molar-refractivity contribution is -0.0365. The van der Waals surface area contributed by atoms with Gasteiger partial charge in [0.05, 0.1) is 53.2 Å². The molecule has 16 heteroatoms. The second kappa shape index (κ2) is 23.1. The van der Waals surface area contributed by atoms with Crippen molar-refractivity contribution in [2.45, 2.75) is 110 Å². The lowest BCUT2D eigenvalue weighted by Crippen LogP contribution is -2.40. The van der Waals surface area contributed by atoms with Crippen LogP contribution < -0.4 is 0 Å². The largest absolute Gasteiger partial charge is 0.444 e. The molecule has 1 unspecified atom stereocenters. The third-order valence-corrected chi connectivity index (χ3v) is 13.6. The summed E-state index contributed by atoms with van der Waals surface area (Å²) in [6.45, 7) is 12.2. The third-order valence-electron chi connectivity index (χ3n) is 13.4. The Hall–Kier alpha value is -6.84. The van der Waals surface area contributed by atoms with Crippen LogP contribution in [0.15, 0.2) is 115 Å². The number of hydrogen-bond acceptors (Lipinski definition) is 9. The average Bonchev–Trinajstić information content (AvgIpc) is 3.99. The molecular formula is C58H59ClF4N8O3. The zero-order valence-electron chi connectivity index (χ0n) is 41.9. The molecule has 2 saturated heterocycles. The van der Waals surface area contributed by atoms with Crippen LogP contribution in [0, 0.1) is 29.2 Å². The van der Waals surface area contributed by atoms with Crippen LogP contribution in [0.25, 0.3) is 44.5 Å². The molecule has 4 aromatic carbocycles. The maximum Gasteiger partial charge on any atom is 0.410 e. The fourth-order valence-corrected chi connectivity index (χ4v) is 10.1. The van der Waals surface area contributed by atoms with E-state index in [9.17, 15) is 22.4 Å². The summed E-state index contributed by atoms with van der Waals surface area (Å²) in [4.78, 5) is 35.7. The Kier molecular flexibility index (Phi) is 16.3. The molecule has 11 rings (SSSR count). The number of carbonyl (C=O) groups excluding carboxylic acids is 1. The summed E-state index contributed by atoms with van der Waals surface area (Å²) < 4.78 is 70.4. The molecule has 7 aromatic rings. The molecule has 1 atom stereocenters. The molecule has 6 heterocycles. The quantitative estimate of drug-likeness (QED) is 0.114. The van der Waals surface area contributed by atoms with Crippen molar-refractivity contribution in [3.8, 4) is 33.6 Å². The maximum absolute atomic E-state index is 14.4. The van der Waals surface area contributed by atoms with Crippen LogP contribution in [0.3, 0.4) is 0 Å². The summed E-state index contributed by atoms with van der Waals surface area (Å²) in [6, 6.07) is 18.5. The van der Waals surface area contributed by atoms with Crippen LogP contribution in [-0.2, 0) is 22.4 Å². The molecule has 0 N–H and O–H groups in total. The van der Waals surface area contributed by atoms with Crippen LogP contribution >= 0.6 is 11.6 Å². The fraction of sp³-hybridized carbons (Fsp3) is 0.362. The second-order valence-electron chi connectivity index (χ2n) is 20.2. The number of fused-ring (bicyclic) bond motifs is 2. The Morgan fingerprint density at radius 3 is 2.11 bits per heavy atom. The van der Waals surface area contributed by atoms with Gasteiger partial charge in [-0.25, -0.2) is 37.0 Å². The van der Waals surface area contributed by atoms with Crippen LogP contribution in [-0.4, -0.2) is 71.7 Å². The van der Waals surface area contributed by atoms with E-state index in [1.54, 1.807) is 35.5 Å². The molecule has 74 heavy (non-hydrogen) atoms. The molecule has 3 fully saturated rings. The molecule has 0 bridgehead atoms. The van der Waals surface area contributed by atoms with E-state index in [2.05, 4.69) is 26.5 Å². The summed E-state index contributed by atoms with van der Waals surface area (Å²) in [6.07, 6.45) is 18.5. The normalized spacial score (nSPS) is 16.9. The molecule has 11 nitrogen and oxygen atoms in total. The Morgan fingerprint density at radius 1 is 0.784 bits per heavy atom. The van der Waals surface area contributed by atoms with Crippen molar-refractivity contribution >= 4 is 34.3 Å². The molecular weight excluding hydrogens is 968 g/mol. The van der Waals surface area contributed by atoms with Crippen molar-refractivity contribution < 1.29 is 31.8 Å². The first-order valence-corrected chi connectivity index (χ1v) is 25.7. The Morgan fingerprint density at radius 2 is 1.45 bits per heavy atom. The Labute approximate surface area is 433 Å². The number of ether oxygens (including phenoxy) is 2. The van der Waals surface area contributed by atoms with Gasteiger partial charge >= 0.3 is 6.09 Å². The number of likely N-dealkylation sites (tertiary alicyclic amines) is 1. The number of carbonyl (C=O) groups is 1. The SMILES string of the molecule is C=C1CCCN(C(=O)OC(C)(C)C)C1.Fc1cccc(F)c1-c1ccc2c(c1)C(c1cncc(CC3CCCCC3)n1)=NC2.Fc1cccc(F)c1-c1ccc2c(c1)c(-c1cncc(Cl)n1)nn2C1CCCCO1. The van der Waals surface area contributed by atoms with Gasteiger partial charge in [0.1, 0.15) is 51.1 Å². The minimum Gasteiger partial charge on any atom is -0.444 e. The van der Waals surface area contributed by atoms with Crippen molar-refractivity contribution in [3.63, 3.8) is 0 Å². The molecule has 3 aliphatic heterocycles. The van der Waals surface area contributed by atoms with Gasteiger partial charge in [-0.2, -0.15) is 5.10 Å². The number of benzene rings is 4. The van der Waals surface area contributed by atoms with Gasteiger partial charge in [-0.15, -0.1) is 0 Å². The number of halogens is 5. The van der Waals surface area contributed by atoms with Gasteiger partial charge in [0.25, 0.3) is 0 Å². The number of aromatic nitrogens is 6. The first-order valence-electron chi connectivity index (χ1n) is 25.3. The van der Waals surface area contributed by atoms with Gasteiger partial charge < -0.3 is 14.4 Å². The van der Waals surface area contributed by atoms with Crippen LogP contribution in [0.5, 0.6) is 0 Å². The van der Waals surface area contributed by atoms with E-state index >= 15 is 0 Å². The highest BCUT2D eigenvalue weighted by molar-refractivity contribution is 6.29. The summed E-state index contributed by atoms with van der Waals surface area (Å²) in [5.74, 6) is -1.71. The van der Waals surface area contributed by atoms with E-state index in [0.29, 0.717) is 53.5 Å². The molecule has 1 amide bonds. The minimum atomic E-state index is -0.624. The van der Waals surface area contributed by atoms with Crippen molar-refractivity contribution in [2.75, 3.05) is 19.7 Å². The number of nitrogens with zero attached hydrogens (tertiary/aromatic N) is 8. The first-order chi connectivity index (χ1) is 35.7. The van der Waals surface area contributed by atoms with Crippen LogP contribution in [0.1, 0.15) is 114 Å². The highest BCUT2D eigenvalue weighted by Gasteiger charge is 2.27. The molecule has 1 saturated carbocycles. The molecule has 0 radical (unpaired) electrons. The van der Waals surface area contributed by atoms with E-state index in [1.165, 1.54) is 74.7 Å². The molecule has 384 valence electrons. The topological polar surface area (TPSA) is 121 Å². The molecule has 1 aliphatic carbocycles. The number of aliphatic imine (C=N–C) groups is 1. The van der Waals surface area contributed by atoms with Gasteiger partial charge in [0, 0.05) is 36.8 Å². The first kappa shape index (κ1) is 52.0. The lowest BCUT2D eigenvalue weighted by atomic mass is 9.86. The predicted octanol–water partition coefficient (Wildman–Crippen LogP) is 14.3. The zero-order valence-corrected chi connectivity index (χ0v) is 42.7. The van der Waals surface area contributed by atoms with E-state index in [1.807, 2.05) is 49.8 Å². The summed E-state index contributed by atoms with van der Waals surface area (Å²) in [5, 5.41) is 5.68. The monoisotopic (exact) mass is 1030 g/mol. The smallest absolute Gasteiger partial charge is 0.410 e. The molecule has 0 spiro atoms. The van der Waals surface area contributed by atoms with Crippen LogP contribution in [0.2, 0.25) is 5.15 Å². The standard InChI is InChI=1S/C25H23F2N3.C22H17ClF2N4O.C11H19NO2/c26-21-7-4-8-22(27)24(21)17-9-10-18-13-29-25(20(18)12-17)23-15-28-14-19(30-23)11-16-5-2-1-3-6-16;23-19-12-26-11-17(27-19)22-14-10-13(21-15(24)4-3-5-16(21)25)7-8-18(14)29(28-22)20-6-1-2-9-30-20;1-9-6-5-7-12(8-9)10(13)14-11(2,3)4/h4,7-10,12,14-16H,1-3,5-6,11,13H2;3-5,7-8,10-12,20H,1-2,6,9H2;1,5-8H2,2-4H3. The van der Waals surface area contributed by atoms with E-state index in [-0.39, 0.29) is 28.6 Å². The third kappa shape index (κ3) is 12.4. The van der Waals surface area contributed by atoms with E-state index in [0.717, 1.165) is 84.4 Å². The summed E-state index contributed by atoms with van der Waals surface area (Å²) >= 11 is 6.04. The Bertz CT molecular complexity index is 3160. The molecule has 4 aliphatic rings. The summed E-state index contributed by atoms with van der Waals surface area (Å²) in [7, 11) is 0. The average molecular weight is 1030 g/mol. The number of piperidine rings is 1. The summed E-state index contributed by atoms with van der Waals surface area (Å²) in [5.41, 5.74) is 7.72. The van der Waals surface area contributed by atoms with Crippen molar-refractivity contribution in [3.05, 3.63) is 161 Å². The highest BCUT2D eigenvalue weighted by Crippen LogP contribution is 2.37. The maximum atomic E-state index is 14.4. The van der Waals surface area contributed by atoms with Crippen molar-refractivity contribution in [1.82, 2.24) is 34.6 Å². The lowest BCUT2D eigenvalue weighted by Gasteiger charge is -2.30. The number of amides is 1. The second-order valence-corrected chi connectivity index (χ2v) is 20.5. The van der Waals surface area contributed by atoms with Gasteiger partial charge in [-0.05, 0) is 124 Å². The zero-order chi connectivity index (χ0) is 51.9. The van der Waals surface area contributed by atoms with Gasteiger partial charge in [0.15, 0.2) is 6.23 Å². The van der Waals surface area contributed by atoms with E-state index < -0.39 is 28.9 Å². The Balaban J connectivity index is 0.000000146. The minimum absolute atomic E-state index is 0.0105. The van der Waals surface area contributed by atoms with E-state index in [4.69, 9.17) is 31.2 Å². The van der Waals surface area contributed by atoms with Gasteiger partial charge in [-0.3, -0.25) is 15.0 Å². The van der Waals surface area contributed by atoms with Gasteiger partial charge in [0.2, 0.25) is 0 Å². The molecule has 3 aromatic heterocycles. The van der Waals surface area contributed by atoms with Crippen LogP contribution in [0.4, 0.5) is 22.4 Å². The predicted molar refractivity (Wildman–Crippen MR) is 280 cm³/mol. The highest BCUT2D eigenvalue weighted by atomic mass is 35.5. The van der Waals surface area contributed by atoms with Crippen molar-refractivity contribution in [2.24, 2.45) is 10.9 Å². The number of hydrogen-bond donors (Lipinski definition) is 0.